The summed E-state index contributed by atoms with van der Waals surface area (Å²) in [6, 6.07) is 8.91. The third-order valence-electron chi connectivity index (χ3n) is 3.58. The summed E-state index contributed by atoms with van der Waals surface area (Å²) in [5.74, 6) is 1.09. The number of hydrogen-bond acceptors (Lipinski definition) is 3. The van der Waals surface area contributed by atoms with Crippen LogP contribution in [0, 0.1) is 0 Å². The summed E-state index contributed by atoms with van der Waals surface area (Å²) in [7, 11) is 0. The van der Waals surface area contributed by atoms with E-state index >= 15 is 0 Å². The number of fused-ring (bicyclic) bond motifs is 1. The van der Waals surface area contributed by atoms with Crippen LogP contribution in [0.3, 0.4) is 0 Å². The zero-order chi connectivity index (χ0) is 13.9. The van der Waals surface area contributed by atoms with Gasteiger partial charge in [-0.15, -0.1) is 11.3 Å². The van der Waals surface area contributed by atoms with Crippen molar-refractivity contribution in [1.29, 1.82) is 0 Å². The van der Waals surface area contributed by atoms with Crippen LogP contribution in [0.25, 0.3) is 0 Å². The van der Waals surface area contributed by atoms with Gasteiger partial charge < -0.3 is 10.1 Å². The van der Waals surface area contributed by atoms with Crippen molar-refractivity contribution in [2.45, 2.75) is 25.8 Å². The van der Waals surface area contributed by atoms with Crippen molar-refractivity contribution in [2.75, 3.05) is 13.2 Å². The molecule has 1 aromatic carbocycles. The van der Waals surface area contributed by atoms with Gasteiger partial charge in [0.1, 0.15) is 5.75 Å². The quantitative estimate of drug-likeness (QED) is 0.853. The average Bonchev–Trinajstić information content (AvgIpc) is 3.08. The molecule has 0 aliphatic carbocycles. The molecule has 0 saturated carbocycles. The van der Waals surface area contributed by atoms with Gasteiger partial charge in [-0.3, -0.25) is 0 Å². The number of hydrogen-bond donors (Lipinski definition) is 1. The molecular weight excluding hydrogens is 334 g/mol. The first-order valence-corrected chi connectivity index (χ1v) is 8.68. The maximum atomic E-state index is 5.87. The van der Waals surface area contributed by atoms with Crippen molar-refractivity contribution >= 4 is 27.3 Å². The van der Waals surface area contributed by atoms with Crippen molar-refractivity contribution in [2.24, 2.45) is 0 Å². The molecule has 0 amide bonds. The van der Waals surface area contributed by atoms with Gasteiger partial charge in [-0.2, -0.15) is 0 Å². The third kappa shape index (κ3) is 2.78. The monoisotopic (exact) mass is 351 g/mol. The summed E-state index contributed by atoms with van der Waals surface area (Å²) in [6.07, 6.45) is 2.15. The summed E-state index contributed by atoms with van der Waals surface area (Å²) in [4.78, 5) is 0. The zero-order valence-corrected chi connectivity index (χ0v) is 13.9. The molecule has 1 atom stereocenters. The molecule has 106 valence electrons. The van der Waals surface area contributed by atoms with Crippen molar-refractivity contribution in [3.63, 3.8) is 0 Å². The van der Waals surface area contributed by atoms with Crippen LogP contribution in [0.2, 0.25) is 0 Å². The maximum Gasteiger partial charge on any atom is 0.127 e. The van der Waals surface area contributed by atoms with E-state index in [2.05, 4.69) is 57.8 Å². The summed E-state index contributed by atoms with van der Waals surface area (Å²) >= 11 is 5.29. The van der Waals surface area contributed by atoms with Crippen LogP contribution in [-0.2, 0) is 6.42 Å². The second kappa shape index (κ2) is 6.29. The topological polar surface area (TPSA) is 21.3 Å². The Kier molecular flexibility index (Phi) is 4.44. The van der Waals surface area contributed by atoms with E-state index in [-0.39, 0.29) is 6.04 Å². The molecule has 1 aromatic heterocycles. The van der Waals surface area contributed by atoms with E-state index in [0.717, 1.165) is 31.7 Å². The Hall–Kier alpha value is -0.840. The lowest BCUT2D eigenvalue weighted by molar-refractivity contribution is 0.350. The molecule has 0 saturated heterocycles. The lowest BCUT2D eigenvalue weighted by Gasteiger charge is -2.20. The summed E-state index contributed by atoms with van der Waals surface area (Å²) in [5.41, 5.74) is 3.90. The largest absolute Gasteiger partial charge is 0.493 e. The molecule has 2 nitrogen and oxygen atoms in total. The van der Waals surface area contributed by atoms with Gasteiger partial charge in [0.25, 0.3) is 0 Å². The molecule has 3 rings (SSSR count). The second-order valence-corrected chi connectivity index (χ2v) is 7.30. The summed E-state index contributed by atoms with van der Waals surface area (Å²) in [5, 5.41) is 5.86. The Morgan fingerprint density at radius 1 is 1.45 bits per heavy atom. The minimum absolute atomic E-state index is 0.213. The Morgan fingerprint density at radius 3 is 3.10 bits per heavy atom. The maximum absolute atomic E-state index is 5.87. The molecular formula is C16H18BrNOS. The van der Waals surface area contributed by atoms with Crippen LogP contribution in [0.4, 0.5) is 0 Å². The van der Waals surface area contributed by atoms with Crippen molar-refractivity contribution in [3.05, 3.63) is 50.1 Å². The van der Waals surface area contributed by atoms with Gasteiger partial charge in [-0.05, 0) is 51.5 Å². The molecule has 0 spiro atoms. The molecule has 1 N–H and O–H groups in total. The molecule has 0 fully saturated rings. The molecule has 0 bridgehead atoms. The Morgan fingerprint density at radius 2 is 2.35 bits per heavy atom. The minimum atomic E-state index is 0.213. The molecule has 2 heterocycles. The highest BCUT2D eigenvalue weighted by molar-refractivity contribution is 9.11. The summed E-state index contributed by atoms with van der Waals surface area (Å²) in [6.45, 7) is 4.00. The molecule has 1 aliphatic rings. The highest BCUT2D eigenvalue weighted by atomic mass is 79.9. The zero-order valence-electron chi connectivity index (χ0n) is 11.5. The lowest BCUT2D eigenvalue weighted by Crippen LogP contribution is -2.23. The molecule has 4 heteroatoms. The Balaban J connectivity index is 1.99. The van der Waals surface area contributed by atoms with E-state index in [4.69, 9.17) is 4.74 Å². The van der Waals surface area contributed by atoms with Crippen molar-refractivity contribution in [1.82, 2.24) is 5.32 Å². The number of thiophene rings is 1. The molecule has 2 aromatic rings. The first-order chi connectivity index (χ1) is 9.79. The van der Waals surface area contributed by atoms with Gasteiger partial charge in [-0.1, -0.05) is 25.1 Å². The van der Waals surface area contributed by atoms with E-state index < -0.39 is 0 Å². The fourth-order valence-corrected chi connectivity index (χ4v) is 3.84. The van der Waals surface area contributed by atoms with E-state index in [1.807, 2.05) is 0 Å². The number of rotatable bonds is 5. The molecule has 0 radical (unpaired) electrons. The van der Waals surface area contributed by atoms with Crippen LogP contribution in [-0.4, -0.2) is 13.2 Å². The van der Waals surface area contributed by atoms with E-state index in [1.54, 1.807) is 11.3 Å². The number of benzene rings is 1. The van der Waals surface area contributed by atoms with Gasteiger partial charge in [0.2, 0.25) is 0 Å². The smallest absolute Gasteiger partial charge is 0.127 e. The van der Waals surface area contributed by atoms with E-state index in [0.29, 0.717) is 0 Å². The predicted octanol–water partition coefficient (Wildman–Crippen LogP) is 4.53. The second-order valence-electron chi connectivity index (χ2n) is 5.01. The number of halogens is 1. The van der Waals surface area contributed by atoms with Gasteiger partial charge in [-0.25, -0.2) is 0 Å². The van der Waals surface area contributed by atoms with Crippen LogP contribution in [0.1, 0.15) is 36.1 Å². The normalized spacial score (nSPS) is 14.9. The fraction of sp³-hybridized carbons (Fsp3) is 0.375. The van der Waals surface area contributed by atoms with Gasteiger partial charge >= 0.3 is 0 Å². The van der Waals surface area contributed by atoms with Crippen LogP contribution < -0.4 is 10.1 Å². The first-order valence-electron chi connectivity index (χ1n) is 7.01. The average molecular weight is 352 g/mol. The Labute approximate surface area is 132 Å². The minimum Gasteiger partial charge on any atom is -0.493 e. The molecule has 1 unspecified atom stereocenters. The molecule has 20 heavy (non-hydrogen) atoms. The van der Waals surface area contributed by atoms with Crippen molar-refractivity contribution < 1.29 is 4.74 Å². The fourth-order valence-electron chi connectivity index (χ4n) is 2.64. The number of ether oxygens (including phenoxy) is 1. The van der Waals surface area contributed by atoms with E-state index in [1.165, 1.54) is 20.5 Å². The SMILES string of the molecule is CCCNC(c1csc(Br)c1)c1cccc2c1OCC2. The highest BCUT2D eigenvalue weighted by Crippen LogP contribution is 2.38. The van der Waals surface area contributed by atoms with Crippen LogP contribution >= 0.6 is 27.3 Å². The third-order valence-corrected chi connectivity index (χ3v) is 5.10. The van der Waals surface area contributed by atoms with Crippen molar-refractivity contribution in [3.8, 4) is 5.75 Å². The lowest BCUT2D eigenvalue weighted by atomic mass is 9.97. The van der Waals surface area contributed by atoms with Crippen LogP contribution in [0.5, 0.6) is 5.75 Å². The number of nitrogens with one attached hydrogen (secondary N) is 1. The van der Waals surface area contributed by atoms with Gasteiger partial charge in [0, 0.05) is 12.0 Å². The highest BCUT2D eigenvalue weighted by Gasteiger charge is 2.23. The standard InChI is InChI=1S/C16H18BrNOS/c1-2-7-18-15(12-9-14(17)20-10-12)13-5-3-4-11-6-8-19-16(11)13/h3-5,9-10,15,18H,2,6-8H2,1H3. The van der Waals surface area contributed by atoms with Crippen LogP contribution in [0.15, 0.2) is 33.4 Å². The van der Waals surface area contributed by atoms with E-state index in [9.17, 15) is 0 Å². The molecule has 1 aliphatic heterocycles. The Bertz CT molecular complexity index is 596. The van der Waals surface area contributed by atoms with Gasteiger partial charge in [0.15, 0.2) is 0 Å². The van der Waals surface area contributed by atoms with Gasteiger partial charge in [0.05, 0.1) is 16.4 Å². The summed E-state index contributed by atoms with van der Waals surface area (Å²) < 4.78 is 7.04. The first kappa shape index (κ1) is 14.1. The predicted molar refractivity (Wildman–Crippen MR) is 87.8 cm³/mol. The number of para-hydroxylation sites is 1.